The fourth-order valence-electron chi connectivity index (χ4n) is 2.38. The van der Waals surface area contributed by atoms with E-state index in [1.165, 1.54) is 6.26 Å². The lowest BCUT2D eigenvalue weighted by molar-refractivity contribution is -0.148. The van der Waals surface area contributed by atoms with Crippen LogP contribution in [0, 0.1) is 11.8 Å². The molecule has 1 aromatic heterocycles. The molecule has 1 heterocycles. The number of carboxylic acid groups (broad SMARTS) is 1. The van der Waals surface area contributed by atoms with Crippen molar-refractivity contribution in [1.29, 1.82) is 0 Å². The molecule has 1 fully saturated rings. The van der Waals surface area contributed by atoms with Gasteiger partial charge in [-0.05, 0) is 12.8 Å². The van der Waals surface area contributed by atoms with E-state index < -0.39 is 17.8 Å². The van der Waals surface area contributed by atoms with Gasteiger partial charge < -0.3 is 14.9 Å². The molecule has 1 aromatic rings. The van der Waals surface area contributed by atoms with Crippen molar-refractivity contribution < 1.29 is 19.2 Å². The average Bonchev–Trinajstić information content (AvgIpc) is 2.89. The molecule has 1 aliphatic rings. The summed E-state index contributed by atoms with van der Waals surface area (Å²) < 4.78 is 4.66. The van der Waals surface area contributed by atoms with Crippen LogP contribution in [-0.4, -0.2) is 22.1 Å². The Bertz CT molecular complexity index is 416. The first-order valence-electron chi connectivity index (χ1n) is 6.08. The predicted molar refractivity (Wildman–Crippen MR) is 61.4 cm³/mol. The van der Waals surface area contributed by atoms with Gasteiger partial charge in [0.25, 0.3) is 0 Å². The summed E-state index contributed by atoms with van der Waals surface area (Å²) in [6.07, 6.45) is 4.44. The minimum absolute atomic E-state index is 0.204. The monoisotopic (exact) mass is 252 g/mol. The molecular formula is C12H16N2O4. The van der Waals surface area contributed by atoms with Gasteiger partial charge in [0, 0.05) is 6.07 Å². The van der Waals surface area contributed by atoms with Gasteiger partial charge in [-0.25, -0.2) is 0 Å². The fourth-order valence-corrected chi connectivity index (χ4v) is 2.38. The number of nitrogens with one attached hydrogen (secondary N) is 1. The van der Waals surface area contributed by atoms with Crippen LogP contribution >= 0.6 is 0 Å². The van der Waals surface area contributed by atoms with Crippen LogP contribution in [0.4, 0.5) is 0 Å². The van der Waals surface area contributed by atoms with Gasteiger partial charge in [-0.1, -0.05) is 18.0 Å². The molecule has 98 valence electrons. The Morgan fingerprint density at radius 2 is 2.11 bits per heavy atom. The van der Waals surface area contributed by atoms with Gasteiger partial charge in [0.15, 0.2) is 0 Å². The van der Waals surface area contributed by atoms with Crippen LogP contribution in [0.2, 0.25) is 0 Å². The Labute approximate surface area is 104 Å². The summed E-state index contributed by atoms with van der Waals surface area (Å²) in [4.78, 5) is 23.1. The molecular weight excluding hydrogens is 236 g/mol. The highest BCUT2D eigenvalue weighted by molar-refractivity contribution is 5.84. The van der Waals surface area contributed by atoms with E-state index in [9.17, 15) is 9.59 Å². The van der Waals surface area contributed by atoms with E-state index in [0.717, 1.165) is 12.8 Å². The first kappa shape index (κ1) is 12.6. The molecule has 0 unspecified atom stereocenters. The first-order chi connectivity index (χ1) is 8.68. The lowest BCUT2D eigenvalue weighted by atomic mass is 9.79. The number of aliphatic carboxylic acids is 1. The first-order valence-corrected chi connectivity index (χ1v) is 6.08. The molecule has 1 aliphatic carbocycles. The van der Waals surface area contributed by atoms with Gasteiger partial charge in [-0.15, -0.1) is 0 Å². The van der Waals surface area contributed by atoms with Crippen molar-refractivity contribution in [2.75, 3.05) is 0 Å². The third kappa shape index (κ3) is 2.88. The van der Waals surface area contributed by atoms with E-state index in [1.54, 1.807) is 6.07 Å². The van der Waals surface area contributed by atoms with Crippen LogP contribution in [0.15, 0.2) is 16.9 Å². The highest BCUT2D eigenvalue weighted by atomic mass is 16.5. The van der Waals surface area contributed by atoms with E-state index in [-0.39, 0.29) is 12.5 Å². The topological polar surface area (TPSA) is 92.4 Å². The molecule has 0 aliphatic heterocycles. The Morgan fingerprint density at radius 1 is 1.39 bits per heavy atom. The normalized spacial score (nSPS) is 23.6. The zero-order valence-corrected chi connectivity index (χ0v) is 9.96. The standard InChI is InChI=1S/C12H16N2O4/c15-11(13-7-8-5-6-18-14-8)9-3-1-2-4-10(9)12(16)17/h5-6,9-10H,1-4,7H2,(H,13,15)(H,16,17)/t9-,10+/m1/s1. The summed E-state index contributed by atoms with van der Waals surface area (Å²) in [6.45, 7) is 0.276. The predicted octanol–water partition coefficient (Wildman–Crippen LogP) is 1.18. The van der Waals surface area contributed by atoms with Crippen LogP contribution in [0.1, 0.15) is 31.4 Å². The molecule has 0 radical (unpaired) electrons. The van der Waals surface area contributed by atoms with E-state index in [2.05, 4.69) is 15.0 Å². The Hall–Kier alpha value is -1.85. The molecule has 2 N–H and O–H groups in total. The van der Waals surface area contributed by atoms with Gasteiger partial charge in [-0.2, -0.15) is 0 Å². The van der Waals surface area contributed by atoms with Crippen LogP contribution in [0.3, 0.4) is 0 Å². The molecule has 0 saturated heterocycles. The Kier molecular flexibility index (Phi) is 3.96. The van der Waals surface area contributed by atoms with Crippen molar-refractivity contribution in [2.45, 2.75) is 32.2 Å². The minimum atomic E-state index is -0.878. The number of carbonyl (C=O) groups is 2. The smallest absolute Gasteiger partial charge is 0.307 e. The number of rotatable bonds is 4. The van der Waals surface area contributed by atoms with Crippen LogP contribution in [0.5, 0.6) is 0 Å². The summed E-state index contributed by atoms with van der Waals surface area (Å²) in [7, 11) is 0. The molecule has 0 aromatic carbocycles. The van der Waals surface area contributed by atoms with E-state index in [0.29, 0.717) is 18.5 Å². The van der Waals surface area contributed by atoms with Gasteiger partial charge >= 0.3 is 5.97 Å². The highest BCUT2D eigenvalue weighted by Gasteiger charge is 2.35. The Balaban J connectivity index is 1.92. The van der Waals surface area contributed by atoms with Crippen molar-refractivity contribution in [1.82, 2.24) is 10.5 Å². The lowest BCUT2D eigenvalue weighted by Gasteiger charge is -2.27. The van der Waals surface area contributed by atoms with Crippen molar-refractivity contribution in [3.05, 3.63) is 18.0 Å². The molecule has 6 nitrogen and oxygen atoms in total. The van der Waals surface area contributed by atoms with Crippen molar-refractivity contribution in [3.63, 3.8) is 0 Å². The zero-order chi connectivity index (χ0) is 13.0. The molecule has 1 amide bonds. The van der Waals surface area contributed by atoms with Crippen LogP contribution in [-0.2, 0) is 16.1 Å². The maximum Gasteiger partial charge on any atom is 0.307 e. The maximum absolute atomic E-state index is 12.0. The number of carbonyl (C=O) groups excluding carboxylic acids is 1. The average molecular weight is 252 g/mol. The molecule has 0 spiro atoms. The van der Waals surface area contributed by atoms with Gasteiger partial charge in [0.1, 0.15) is 12.0 Å². The summed E-state index contributed by atoms with van der Waals surface area (Å²) >= 11 is 0. The molecule has 2 rings (SSSR count). The third-order valence-electron chi connectivity index (χ3n) is 3.35. The number of carboxylic acids is 1. The summed E-state index contributed by atoms with van der Waals surface area (Å²) in [5.74, 6) is -2.07. The summed E-state index contributed by atoms with van der Waals surface area (Å²) in [5.41, 5.74) is 0.631. The molecule has 6 heteroatoms. The minimum Gasteiger partial charge on any atom is -0.481 e. The second-order valence-corrected chi connectivity index (χ2v) is 4.54. The van der Waals surface area contributed by atoms with Crippen LogP contribution in [0.25, 0.3) is 0 Å². The highest BCUT2D eigenvalue weighted by Crippen LogP contribution is 2.30. The number of hydrogen-bond acceptors (Lipinski definition) is 4. The van der Waals surface area contributed by atoms with E-state index in [4.69, 9.17) is 5.11 Å². The van der Waals surface area contributed by atoms with E-state index in [1.807, 2.05) is 0 Å². The largest absolute Gasteiger partial charge is 0.481 e. The van der Waals surface area contributed by atoms with Gasteiger partial charge in [-0.3, -0.25) is 9.59 Å². The molecule has 2 atom stereocenters. The molecule has 0 bridgehead atoms. The summed E-state index contributed by atoms with van der Waals surface area (Å²) in [6, 6.07) is 1.66. The van der Waals surface area contributed by atoms with E-state index >= 15 is 0 Å². The zero-order valence-electron chi connectivity index (χ0n) is 9.96. The second-order valence-electron chi connectivity index (χ2n) is 4.54. The van der Waals surface area contributed by atoms with Gasteiger partial charge in [0.05, 0.1) is 18.4 Å². The fraction of sp³-hybridized carbons (Fsp3) is 0.583. The van der Waals surface area contributed by atoms with Crippen molar-refractivity contribution in [3.8, 4) is 0 Å². The number of nitrogens with zero attached hydrogens (tertiary/aromatic N) is 1. The second kappa shape index (κ2) is 5.66. The third-order valence-corrected chi connectivity index (χ3v) is 3.35. The molecule has 1 saturated carbocycles. The molecule has 18 heavy (non-hydrogen) atoms. The number of aromatic nitrogens is 1. The SMILES string of the molecule is O=C(O)[C@H]1CCCC[C@H]1C(=O)NCc1ccon1. The number of amides is 1. The summed E-state index contributed by atoms with van der Waals surface area (Å²) in [5, 5.41) is 15.5. The van der Waals surface area contributed by atoms with Crippen LogP contribution < -0.4 is 5.32 Å². The quantitative estimate of drug-likeness (QED) is 0.839. The van der Waals surface area contributed by atoms with Crippen molar-refractivity contribution in [2.24, 2.45) is 11.8 Å². The lowest BCUT2D eigenvalue weighted by Crippen LogP contribution is -2.39. The van der Waals surface area contributed by atoms with Crippen molar-refractivity contribution >= 4 is 11.9 Å². The van der Waals surface area contributed by atoms with Gasteiger partial charge in [0.2, 0.25) is 5.91 Å². The maximum atomic E-state index is 12.0. The number of hydrogen-bond donors (Lipinski definition) is 2. The Morgan fingerprint density at radius 3 is 2.72 bits per heavy atom.